The summed E-state index contributed by atoms with van der Waals surface area (Å²) in [4.78, 5) is 28.9. The van der Waals surface area contributed by atoms with E-state index in [1.807, 2.05) is 43.9 Å². The molecule has 0 radical (unpaired) electrons. The molecule has 0 aliphatic rings. The molecule has 0 saturated heterocycles. The Balaban J connectivity index is 2.98. The van der Waals surface area contributed by atoms with Gasteiger partial charge < -0.3 is 14.0 Å². The summed E-state index contributed by atoms with van der Waals surface area (Å²) in [5.41, 5.74) is 1.63. The molecule has 0 atom stereocenters. The standard InChI is InChI=1S/C18H34N2O3Si3/c1-24(2,3)19-16-12-10-15(11-13-16)18(22)20(25(4,5)6)14-17(21)23-26(7,8)9/h10-13,19H,14H2,1-9H3. The smallest absolute Gasteiger partial charge is 0.311 e. The van der Waals surface area contributed by atoms with Crippen molar-refractivity contribution < 1.29 is 14.0 Å². The normalized spacial score (nSPS) is 12.5. The highest BCUT2D eigenvalue weighted by molar-refractivity contribution is 6.79. The van der Waals surface area contributed by atoms with Crippen molar-refractivity contribution in [2.24, 2.45) is 0 Å². The summed E-state index contributed by atoms with van der Waals surface area (Å²) in [5.74, 6) is -0.409. The summed E-state index contributed by atoms with van der Waals surface area (Å²) in [6.07, 6.45) is 0. The number of nitrogens with zero attached hydrogens (tertiary/aromatic N) is 1. The van der Waals surface area contributed by atoms with E-state index in [0.29, 0.717) is 5.56 Å². The molecule has 1 amide bonds. The van der Waals surface area contributed by atoms with Crippen LogP contribution in [-0.4, -0.2) is 47.8 Å². The Morgan fingerprint density at radius 2 is 1.42 bits per heavy atom. The molecular formula is C18H34N2O3Si3. The number of hydrogen-bond donors (Lipinski definition) is 1. The Morgan fingerprint density at radius 1 is 0.923 bits per heavy atom. The lowest BCUT2D eigenvalue weighted by atomic mass is 10.2. The number of carbonyl (C=O) groups is 2. The van der Waals surface area contributed by atoms with Gasteiger partial charge in [-0.25, -0.2) is 0 Å². The zero-order chi connectivity index (χ0) is 20.3. The number of hydrogen-bond acceptors (Lipinski definition) is 4. The highest BCUT2D eigenvalue weighted by Crippen LogP contribution is 2.19. The predicted octanol–water partition coefficient (Wildman–Crippen LogP) is 4.59. The Hall–Kier alpha value is -1.39. The van der Waals surface area contributed by atoms with Crippen LogP contribution in [0.25, 0.3) is 0 Å². The van der Waals surface area contributed by atoms with E-state index in [4.69, 9.17) is 4.43 Å². The fourth-order valence-electron chi connectivity index (χ4n) is 2.40. The zero-order valence-electron chi connectivity index (χ0n) is 17.7. The molecule has 0 fully saturated rings. The van der Waals surface area contributed by atoms with Crippen molar-refractivity contribution in [1.29, 1.82) is 0 Å². The third-order valence-electron chi connectivity index (χ3n) is 3.41. The number of benzene rings is 1. The first-order valence-electron chi connectivity index (χ1n) is 9.00. The molecule has 5 nitrogen and oxygen atoms in total. The maximum absolute atomic E-state index is 13.0. The molecule has 0 unspecified atom stereocenters. The lowest BCUT2D eigenvalue weighted by molar-refractivity contribution is -0.135. The van der Waals surface area contributed by atoms with Crippen LogP contribution >= 0.6 is 0 Å². The molecule has 0 saturated carbocycles. The first-order valence-corrected chi connectivity index (χ1v) is 19.4. The first kappa shape index (κ1) is 22.7. The van der Waals surface area contributed by atoms with Crippen molar-refractivity contribution in [2.75, 3.05) is 11.5 Å². The fourth-order valence-corrected chi connectivity index (χ4v) is 5.52. The Morgan fingerprint density at radius 3 is 1.81 bits per heavy atom. The van der Waals surface area contributed by atoms with Crippen molar-refractivity contribution >= 4 is 42.4 Å². The van der Waals surface area contributed by atoms with Crippen molar-refractivity contribution in [3.05, 3.63) is 29.8 Å². The summed E-state index contributed by atoms with van der Waals surface area (Å²) in [5, 5.41) is 0. The van der Waals surface area contributed by atoms with Gasteiger partial charge in [0.2, 0.25) is 14.2 Å². The maximum atomic E-state index is 13.0. The lowest BCUT2D eigenvalue weighted by Crippen LogP contribution is -2.53. The minimum Gasteiger partial charge on any atom is -0.519 e. The highest BCUT2D eigenvalue weighted by Gasteiger charge is 2.33. The zero-order valence-corrected chi connectivity index (χ0v) is 20.7. The van der Waals surface area contributed by atoms with Crippen molar-refractivity contribution in [1.82, 2.24) is 4.57 Å². The van der Waals surface area contributed by atoms with Crippen LogP contribution in [0.15, 0.2) is 24.3 Å². The number of anilines is 1. The van der Waals surface area contributed by atoms with Gasteiger partial charge in [0.05, 0.1) is 0 Å². The molecule has 0 heterocycles. The van der Waals surface area contributed by atoms with Gasteiger partial charge in [0, 0.05) is 11.3 Å². The van der Waals surface area contributed by atoms with Crippen LogP contribution in [0.3, 0.4) is 0 Å². The summed E-state index contributed by atoms with van der Waals surface area (Å²) < 4.78 is 7.26. The summed E-state index contributed by atoms with van der Waals surface area (Å²) in [6.45, 7) is 18.8. The van der Waals surface area contributed by atoms with Gasteiger partial charge in [-0.1, -0.05) is 39.3 Å². The number of nitrogens with one attached hydrogen (secondary N) is 1. The van der Waals surface area contributed by atoms with Gasteiger partial charge in [0.15, 0.2) is 8.24 Å². The maximum Gasteiger partial charge on any atom is 0.311 e. The van der Waals surface area contributed by atoms with Crippen LogP contribution in [0.2, 0.25) is 58.9 Å². The van der Waals surface area contributed by atoms with Crippen molar-refractivity contribution in [3.63, 3.8) is 0 Å². The van der Waals surface area contributed by atoms with Crippen molar-refractivity contribution in [2.45, 2.75) is 58.9 Å². The average molecular weight is 411 g/mol. The third kappa shape index (κ3) is 7.88. The van der Waals surface area contributed by atoms with E-state index in [1.54, 1.807) is 4.57 Å². The minimum atomic E-state index is -2.03. The summed E-state index contributed by atoms with van der Waals surface area (Å²) in [6, 6.07) is 7.55. The Kier molecular flexibility index (Phi) is 7.05. The molecule has 0 aromatic heterocycles. The van der Waals surface area contributed by atoms with E-state index < -0.39 is 24.8 Å². The SMILES string of the molecule is C[Si](C)(C)Nc1ccc(C(=O)N(CC(=O)O[Si](C)(C)C)[Si](C)(C)C)cc1. The van der Waals surface area contributed by atoms with Gasteiger partial charge in [-0.3, -0.25) is 9.59 Å². The molecule has 1 rings (SSSR count). The van der Waals surface area contributed by atoms with Crippen molar-refractivity contribution in [3.8, 4) is 0 Å². The van der Waals surface area contributed by atoms with E-state index in [2.05, 4.69) is 44.3 Å². The molecule has 1 aromatic rings. The molecule has 0 aliphatic carbocycles. The molecule has 1 N–H and O–H groups in total. The van der Waals surface area contributed by atoms with Crippen LogP contribution in [-0.2, 0) is 9.22 Å². The second-order valence-electron chi connectivity index (χ2n) is 9.60. The van der Waals surface area contributed by atoms with Gasteiger partial charge in [0.1, 0.15) is 14.8 Å². The van der Waals surface area contributed by atoms with Crippen LogP contribution < -0.4 is 4.98 Å². The second-order valence-corrected chi connectivity index (χ2v) is 23.7. The monoisotopic (exact) mass is 410 g/mol. The van der Waals surface area contributed by atoms with E-state index in [-0.39, 0.29) is 18.4 Å². The minimum absolute atomic E-state index is 0.0216. The average Bonchev–Trinajstić information content (AvgIpc) is 2.40. The van der Waals surface area contributed by atoms with E-state index >= 15 is 0 Å². The lowest BCUT2D eigenvalue weighted by Gasteiger charge is -2.34. The number of rotatable bonds is 7. The van der Waals surface area contributed by atoms with Crippen LogP contribution in [0.1, 0.15) is 10.4 Å². The van der Waals surface area contributed by atoms with E-state index in [0.717, 1.165) is 5.69 Å². The van der Waals surface area contributed by atoms with Gasteiger partial charge in [0.25, 0.3) is 0 Å². The topological polar surface area (TPSA) is 58.6 Å². The molecule has 0 spiro atoms. The first-order chi connectivity index (χ1) is 11.6. The molecule has 1 aromatic carbocycles. The van der Waals surface area contributed by atoms with Crippen LogP contribution in [0, 0.1) is 0 Å². The largest absolute Gasteiger partial charge is 0.519 e. The molecule has 26 heavy (non-hydrogen) atoms. The summed E-state index contributed by atoms with van der Waals surface area (Å²) >= 11 is 0. The van der Waals surface area contributed by atoms with Crippen LogP contribution in [0.4, 0.5) is 5.69 Å². The molecule has 8 heteroatoms. The molecule has 146 valence electrons. The van der Waals surface area contributed by atoms with Gasteiger partial charge in [-0.15, -0.1) is 0 Å². The molecular weight excluding hydrogens is 376 g/mol. The number of amides is 1. The highest BCUT2D eigenvalue weighted by atomic mass is 28.4. The van der Waals surface area contributed by atoms with Gasteiger partial charge >= 0.3 is 5.97 Å². The molecule has 0 aliphatic heterocycles. The van der Waals surface area contributed by atoms with Crippen LogP contribution in [0.5, 0.6) is 0 Å². The van der Waals surface area contributed by atoms with E-state index in [9.17, 15) is 9.59 Å². The Labute approximate surface area is 161 Å². The molecule has 0 bridgehead atoms. The predicted molar refractivity (Wildman–Crippen MR) is 117 cm³/mol. The fraction of sp³-hybridized carbons (Fsp3) is 0.556. The Bertz CT molecular complexity index is 642. The van der Waals surface area contributed by atoms with E-state index in [1.165, 1.54) is 0 Å². The summed E-state index contributed by atoms with van der Waals surface area (Å²) in [7, 11) is -5.43. The second kappa shape index (κ2) is 8.10. The third-order valence-corrected chi connectivity index (χ3v) is 7.27. The van der Waals surface area contributed by atoms with Gasteiger partial charge in [-0.05, 0) is 43.9 Å². The quantitative estimate of drug-likeness (QED) is 0.668. The number of carbonyl (C=O) groups excluding carboxylic acids is 2. The van der Waals surface area contributed by atoms with Gasteiger partial charge in [-0.2, -0.15) is 0 Å².